The number of aryl methyl sites for hydroxylation is 2. The van der Waals surface area contributed by atoms with Crippen LogP contribution in [0.15, 0.2) is 116 Å². The molecule has 13 atom stereocenters. The predicted octanol–water partition coefficient (Wildman–Crippen LogP) is -3.74. The molecule has 1 saturated carbocycles. The van der Waals surface area contributed by atoms with Gasteiger partial charge in [0, 0.05) is 145 Å². The molecular weight excluding hydrogens is 1720 g/mol. The van der Waals surface area contributed by atoms with Crippen molar-refractivity contribution in [3.8, 4) is 0 Å². The Labute approximate surface area is 759 Å². The quantitative estimate of drug-likeness (QED) is 0.0232. The maximum Gasteiger partial charge on any atom is 0.317 e. The van der Waals surface area contributed by atoms with E-state index in [0.29, 0.717) is 63.3 Å². The van der Waals surface area contributed by atoms with Gasteiger partial charge in [0.15, 0.2) is 0 Å². The molecule has 0 bridgehead atoms. The minimum absolute atomic E-state index is 0.0117. The highest BCUT2D eigenvalue weighted by Gasteiger charge is 2.43. The normalized spacial score (nSPS) is 23.6. The number of aliphatic hydroxyl groups is 1. The van der Waals surface area contributed by atoms with E-state index >= 15 is 28.8 Å². The van der Waals surface area contributed by atoms with Gasteiger partial charge in [0.2, 0.25) is 94.5 Å². The van der Waals surface area contributed by atoms with Gasteiger partial charge in [-0.2, -0.15) is 0 Å². The van der Waals surface area contributed by atoms with Gasteiger partial charge in [0.05, 0.1) is 31.2 Å². The number of aliphatic hydroxyl groups excluding tert-OH is 1. The summed E-state index contributed by atoms with van der Waals surface area (Å²) >= 11 is 0.725. The number of carbonyl (C=O) groups is 18. The van der Waals surface area contributed by atoms with Crippen LogP contribution in [0.25, 0.3) is 21.8 Å². The summed E-state index contributed by atoms with van der Waals surface area (Å²) in [4.78, 5) is 267. The van der Waals surface area contributed by atoms with Gasteiger partial charge < -0.3 is 115 Å². The Morgan fingerprint density at radius 2 is 1.02 bits per heavy atom. The smallest absolute Gasteiger partial charge is 0.317 e. The molecule has 3 aromatic heterocycles. The highest BCUT2D eigenvalue weighted by molar-refractivity contribution is 8.00. The Hall–Kier alpha value is -13.6. The molecule has 0 spiro atoms. The van der Waals surface area contributed by atoms with E-state index < -0.39 is 215 Å². The zero-order valence-corrected chi connectivity index (χ0v) is 74.7. The highest BCUT2D eigenvalue weighted by Crippen LogP contribution is 2.31. The van der Waals surface area contributed by atoms with Crippen molar-refractivity contribution in [2.75, 3.05) is 64.9 Å². The van der Waals surface area contributed by atoms with E-state index in [1.807, 2.05) is 6.07 Å². The number of primary amides is 4. The average Bonchev–Trinajstić information content (AvgIpc) is 1.32. The summed E-state index contributed by atoms with van der Waals surface area (Å²) < 4.78 is 3.54. The molecule has 706 valence electrons. The summed E-state index contributed by atoms with van der Waals surface area (Å²) in [7, 11) is 5.99. The van der Waals surface area contributed by atoms with Crippen molar-refractivity contribution >= 4 is 140 Å². The topological polar surface area (TPSA) is 620 Å². The molecule has 6 aromatic rings. The molecule has 0 radical (unpaired) electrons. The molecule has 1 aliphatic carbocycles. The van der Waals surface area contributed by atoms with Crippen LogP contribution in [-0.2, 0) is 121 Å². The van der Waals surface area contributed by atoms with Crippen LogP contribution in [0, 0.1) is 5.92 Å². The lowest BCUT2D eigenvalue weighted by Crippen LogP contribution is -2.63. The molecule has 131 heavy (non-hydrogen) atoms. The van der Waals surface area contributed by atoms with E-state index in [9.17, 15) is 67.7 Å². The number of carbonyl (C=O) groups excluding carboxylic acids is 17. The number of nitrogens with zero attached hydrogens (tertiary/aromatic N) is 7. The Kier molecular flexibility index (Phi) is 37.2. The third-order valence-corrected chi connectivity index (χ3v) is 24.4. The molecule has 2 saturated heterocycles. The molecule has 3 fully saturated rings. The number of pyridine rings is 1. The molecule has 42 nitrogen and oxygen atoms in total. The Balaban J connectivity index is 1.13. The van der Waals surface area contributed by atoms with Gasteiger partial charge in [-0.3, -0.25) is 91.4 Å². The number of rotatable bonds is 26. The van der Waals surface area contributed by atoms with Crippen LogP contribution in [0.3, 0.4) is 0 Å². The van der Waals surface area contributed by atoms with Gasteiger partial charge >= 0.3 is 12.0 Å². The Morgan fingerprint density at radius 3 is 1.56 bits per heavy atom. The van der Waals surface area contributed by atoms with Crippen LogP contribution in [0.4, 0.5) is 4.79 Å². The standard InChI is InChI=1S/C88H118N22O20S/c1-49-86(128)107(5)68(38-52-21-18-31-93-43-52)83(125)100-63(42-71(91)114)81(123)104-75(53-22-16-23-53)85(127)97-59(27-17-30-69(89)112)87(129)108(6)67(37-51-19-8-7-9-20-51)82(124)99-60(39-54-44-105(3)65-28-12-10-24-56(54)65)78(120)96-58(26-14-15-32-94-88(130)110-35-33-109(34-36-110)46-73(116)117)77(119)98-61(40-55-45-106(4)66-29-13-11-25-57(55)66)80(122)103-74(50(2)111)84(126)101-62(41-70(90)113)79(121)102-64(76(92)118)47-131-48-72(115)95-49/h7-13,18-21,24-25,28-29,31,43-45,49-50,53,58-64,67-68,74-75,111H,14-17,22-23,26-27,30,32-42,46-48H2,1-6H3,(H2,89,112)(H2,90,113)(H2,91,114)(H2,92,118)(H,94,130)(H,95,115)(H,96,120)(H,97,127)(H,98,119)(H,99,124)(H,100,125)(H,101,126)(H,102,121)(H,103,122)(H,104,123)(H,116,117)/t49-,50-,58+,59+,60+,61+,62+,63+,64+,67+,68+,74+,75+/m1/s1. The van der Waals surface area contributed by atoms with Crippen LogP contribution < -0.4 is 81.4 Å². The van der Waals surface area contributed by atoms with Gasteiger partial charge in [0.25, 0.3) is 0 Å². The van der Waals surface area contributed by atoms with Crippen molar-refractivity contribution in [1.82, 2.24) is 92.2 Å². The fourth-order valence-corrected chi connectivity index (χ4v) is 16.8. The van der Waals surface area contributed by atoms with Crippen molar-refractivity contribution in [2.24, 2.45) is 42.9 Å². The number of likely N-dealkylation sites (N-methyl/N-ethyl adjacent to an activating group) is 2. The first-order valence-corrected chi connectivity index (χ1v) is 44.4. The second kappa shape index (κ2) is 48.2. The first kappa shape index (κ1) is 101. The molecule has 3 aliphatic rings. The number of fused-ring (bicyclic) bond motifs is 2. The number of piperazine rings is 1. The number of carboxylic acid groups (broad SMARTS) is 1. The number of thioether (sulfide) groups is 1. The maximum atomic E-state index is 16.0. The molecule has 0 unspecified atom stereocenters. The van der Waals surface area contributed by atoms with Crippen molar-refractivity contribution in [2.45, 2.75) is 189 Å². The van der Waals surface area contributed by atoms with Crippen LogP contribution in [0.1, 0.15) is 107 Å². The zero-order valence-electron chi connectivity index (χ0n) is 73.9. The summed E-state index contributed by atoms with van der Waals surface area (Å²) in [5, 5.41) is 51.1. The molecular formula is C88H118N22O20S. The van der Waals surface area contributed by atoms with Gasteiger partial charge in [0.1, 0.15) is 72.5 Å². The lowest BCUT2D eigenvalue weighted by Gasteiger charge is -2.36. The summed E-state index contributed by atoms with van der Waals surface area (Å²) in [6.07, 6.45) is 1.83. The highest BCUT2D eigenvalue weighted by atomic mass is 32.2. The number of para-hydroxylation sites is 2. The number of aromatic nitrogens is 3. The number of carboxylic acids is 1. The molecule has 18 amide bonds. The summed E-state index contributed by atoms with van der Waals surface area (Å²) in [6.45, 7) is 3.18. The van der Waals surface area contributed by atoms with E-state index in [1.54, 1.807) is 125 Å². The number of urea groups is 1. The zero-order chi connectivity index (χ0) is 95.4. The van der Waals surface area contributed by atoms with E-state index in [0.717, 1.165) is 28.5 Å². The number of amides is 18. The number of benzene rings is 3. The van der Waals surface area contributed by atoms with Crippen LogP contribution in [0.5, 0.6) is 0 Å². The molecule has 9 rings (SSSR count). The number of nitrogens with one attached hydrogen (secondary N) is 11. The lowest BCUT2D eigenvalue weighted by atomic mass is 9.79. The minimum atomic E-state index is -2.04. The van der Waals surface area contributed by atoms with Gasteiger partial charge in [-0.15, -0.1) is 11.8 Å². The first-order valence-electron chi connectivity index (χ1n) is 43.3. The molecule has 2 aliphatic heterocycles. The van der Waals surface area contributed by atoms with Gasteiger partial charge in [-0.1, -0.05) is 79.2 Å². The number of nitrogens with two attached hydrogens (primary N) is 4. The number of aliphatic carboxylic acids is 1. The number of hydrogen-bond acceptors (Lipinski definition) is 22. The summed E-state index contributed by atoms with van der Waals surface area (Å²) in [5.74, 6) is -19.3. The average molecular weight is 1840 g/mol. The van der Waals surface area contributed by atoms with Crippen LogP contribution in [0.2, 0.25) is 0 Å². The summed E-state index contributed by atoms with van der Waals surface area (Å²) in [5.41, 5.74) is 26.0. The monoisotopic (exact) mass is 1830 g/mol. The fraction of sp³-hybridized carbons (Fsp3) is 0.489. The third-order valence-electron chi connectivity index (χ3n) is 23.4. The maximum absolute atomic E-state index is 16.0. The van der Waals surface area contributed by atoms with Gasteiger partial charge in [-0.05, 0) is 105 Å². The van der Waals surface area contributed by atoms with E-state index in [-0.39, 0.29) is 103 Å². The summed E-state index contributed by atoms with van der Waals surface area (Å²) in [6, 6.07) is 4.95. The number of unbranched alkanes of at least 4 members (excludes halogenated alkanes) is 1. The van der Waals surface area contributed by atoms with Crippen LogP contribution in [-0.4, -0.2) is 294 Å². The van der Waals surface area contributed by atoms with Crippen LogP contribution >= 0.6 is 11.8 Å². The second-order valence-corrected chi connectivity index (χ2v) is 34.3. The molecule has 5 heterocycles. The van der Waals surface area contributed by atoms with Crippen molar-refractivity contribution in [3.05, 3.63) is 138 Å². The molecule has 21 N–H and O–H groups in total. The third kappa shape index (κ3) is 29.2. The number of hydrogen-bond donors (Lipinski definition) is 17. The lowest BCUT2D eigenvalue weighted by molar-refractivity contribution is -0.144. The van der Waals surface area contributed by atoms with Crippen molar-refractivity contribution < 1.29 is 96.5 Å². The Bertz CT molecular complexity index is 5140. The predicted molar refractivity (Wildman–Crippen MR) is 479 cm³/mol. The van der Waals surface area contributed by atoms with Crippen molar-refractivity contribution in [1.29, 1.82) is 0 Å². The first-order chi connectivity index (χ1) is 62.3. The molecule has 43 heteroatoms. The second-order valence-electron chi connectivity index (χ2n) is 33.3. The fourth-order valence-electron chi connectivity index (χ4n) is 16.0. The molecule has 3 aromatic carbocycles. The van der Waals surface area contributed by atoms with Gasteiger partial charge in [-0.25, -0.2) is 4.79 Å². The van der Waals surface area contributed by atoms with E-state index in [4.69, 9.17) is 22.9 Å². The largest absolute Gasteiger partial charge is 0.480 e. The minimum Gasteiger partial charge on any atom is -0.480 e. The Morgan fingerprint density at radius 1 is 0.519 bits per heavy atom. The van der Waals surface area contributed by atoms with E-state index in [1.165, 1.54) is 38.3 Å². The SMILES string of the molecule is C[C@H]1NC(=O)CSC[C@@H](C(N)=O)NC(=O)[C@H](CC(N)=O)NC(=O)[C@H]([C@@H](C)O)NC(=O)[C@H](Cc2cn(C)c3ccccc23)NC(=O)[C@H](CCCCNC(=O)N2CCN(CC(=O)O)CC2)NC(=O)[C@H](Cc2cn(C)c3ccccc23)NC(=O)[C@H](Cc2ccccc2)N(C)C(=O)[C@H](CCCC(N)=O)NC(=O)[C@H](C2CCC2)NC(=O)[C@H](CC(N)=O)NC(=O)[C@H](Cc2cccnc2)N(C)C1=O. The van der Waals surface area contributed by atoms with E-state index in [2.05, 4.69) is 63.5 Å². The van der Waals surface area contributed by atoms with Crippen molar-refractivity contribution in [3.63, 3.8) is 0 Å².